The van der Waals surface area contributed by atoms with E-state index in [4.69, 9.17) is 64.7 Å². The fourth-order valence-electron chi connectivity index (χ4n) is 3.01. The monoisotopic (exact) mass is 607 g/mol. The van der Waals surface area contributed by atoms with Crippen molar-refractivity contribution in [2.45, 2.75) is 117 Å². The van der Waals surface area contributed by atoms with Crippen LogP contribution in [-0.4, -0.2) is 61.4 Å². The lowest BCUT2D eigenvalue weighted by molar-refractivity contribution is -0.339. The van der Waals surface area contributed by atoms with E-state index < -0.39 is 27.2 Å². The highest BCUT2D eigenvalue weighted by Gasteiger charge is 2.37. The van der Waals surface area contributed by atoms with Crippen LogP contribution in [0.2, 0.25) is 0 Å². The summed E-state index contributed by atoms with van der Waals surface area (Å²) in [5.41, 5.74) is 12.1. The van der Waals surface area contributed by atoms with Gasteiger partial charge in [-0.05, 0) is 59.8 Å². The van der Waals surface area contributed by atoms with Crippen molar-refractivity contribution in [2.24, 2.45) is 5.73 Å². The average molecular weight is 608 g/mol. The molecule has 13 nitrogen and oxygen atoms in total. The van der Waals surface area contributed by atoms with Crippen LogP contribution in [-0.2, 0) is 32.9 Å². The molecule has 0 aromatic heterocycles. The van der Waals surface area contributed by atoms with Crippen LogP contribution in [0.15, 0.2) is 12.1 Å². The fourth-order valence-corrected chi connectivity index (χ4v) is 3.01. The highest BCUT2D eigenvalue weighted by molar-refractivity contribution is 7.45. The summed E-state index contributed by atoms with van der Waals surface area (Å²) in [5.74, 6) is -4.90. The molecule has 0 aliphatic heterocycles. The molecule has 0 bridgehead atoms. The molecule has 0 aliphatic carbocycles. The van der Waals surface area contributed by atoms with Gasteiger partial charge in [0.25, 0.3) is 0 Å². The van der Waals surface area contributed by atoms with Crippen LogP contribution in [0.5, 0.6) is 0 Å². The Kier molecular flexibility index (Phi) is 18.2. The number of hydrogen-bond acceptors (Lipinski definition) is 7. The van der Waals surface area contributed by atoms with Gasteiger partial charge in [-0.1, -0.05) is 73.4 Å². The van der Waals surface area contributed by atoms with Gasteiger partial charge in [-0.3, -0.25) is 0 Å². The molecule has 1 rings (SSSR count). The van der Waals surface area contributed by atoms with Gasteiger partial charge in [0.05, 0.1) is 0 Å². The van der Waals surface area contributed by atoms with Gasteiger partial charge in [0.15, 0.2) is 0 Å². The normalized spacial score (nSPS) is 12.8. The summed E-state index contributed by atoms with van der Waals surface area (Å²) in [6.07, 6.45) is 5.06. The van der Waals surface area contributed by atoms with Crippen LogP contribution in [0.25, 0.3) is 0 Å². The van der Waals surface area contributed by atoms with Gasteiger partial charge < -0.3 is 55.5 Å². The lowest BCUT2D eigenvalue weighted by atomic mass is 9.74. The lowest BCUT2D eigenvalue weighted by Crippen LogP contribution is -2.49. The molecule has 1 aromatic carbocycles. The first-order valence-electron chi connectivity index (χ1n) is 12.2. The zero-order valence-electron chi connectivity index (χ0n) is 24.5. The number of benzene rings is 1. The van der Waals surface area contributed by atoms with Crippen molar-refractivity contribution in [3.8, 4) is 0 Å². The third-order valence-corrected chi connectivity index (χ3v) is 5.09. The maximum atomic E-state index is 8.88. The van der Waals surface area contributed by atoms with Crippen molar-refractivity contribution in [1.29, 1.82) is 0 Å². The number of rotatable bonds is 6. The molecule has 0 aliphatic rings. The van der Waals surface area contributed by atoms with E-state index in [9.17, 15) is 0 Å². The van der Waals surface area contributed by atoms with Crippen molar-refractivity contribution in [1.82, 2.24) is 0 Å². The maximum Gasteiger partial charge on any atom is 0.466 e. The van der Waals surface area contributed by atoms with E-state index >= 15 is 0 Å². The molecule has 0 radical (unpaired) electrons. The standard InChI is InChI=1S/C20H35N.C4H10O4.2H3O4P/c1-8-9-10-11-16-17(19(2,3)4)12-15(14-21)13-18(16)20(5,6)7;1-3(5,6)4(2,7)8;2*1-5(2,3)4/h12-13H,8-11,14,21H2,1-7H3;5-8H,1-2H3;2*(H3,1,2,3,4). The minimum Gasteiger partial charge on any atom is -0.362 e. The Morgan fingerprint density at radius 2 is 0.949 bits per heavy atom. The zero-order valence-corrected chi connectivity index (χ0v) is 26.2. The van der Waals surface area contributed by atoms with Gasteiger partial charge >= 0.3 is 15.6 Å². The van der Waals surface area contributed by atoms with E-state index in [0.717, 1.165) is 13.8 Å². The summed E-state index contributed by atoms with van der Waals surface area (Å²) in [6.45, 7) is 18.6. The Morgan fingerprint density at radius 3 is 1.13 bits per heavy atom. The number of unbranched alkanes of at least 4 members (excludes halogenated alkanes) is 2. The first kappa shape index (κ1) is 42.7. The van der Waals surface area contributed by atoms with E-state index in [0.29, 0.717) is 6.54 Å². The Hall–Kier alpha value is -0.760. The van der Waals surface area contributed by atoms with Crippen molar-refractivity contribution in [3.63, 3.8) is 0 Å². The smallest absolute Gasteiger partial charge is 0.362 e. The van der Waals surface area contributed by atoms with E-state index in [2.05, 4.69) is 60.6 Å². The third kappa shape index (κ3) is 24.7. The van der Waals surface area contributed by atoms with Crippen LogP contribution >= 0.6 is 15.6 Å². The lowest BCUT2D eigenvalue weighted by Gasteiger charge is -2.31. The minimum absolute atomic E-state index is 0.173. The zero-order chi connectivity index (χ0) is 32.3. The summed E-state index contributed by atoms with van der Waals surface area (Å²) >= 11 is 0. The second-order valence-electron chi connectivity index (χ2n) is 11.4. The minimum atomic E-state index is -4.64. The van der Waals surface area contributed by atoms with Crippen LogP contribution in [0.1, 0.15) is 104 Å². The van der Waals surface area contributed by atoms with Gasteiger partial charge in [-0.15, -0.1) is 0 Å². The second-order valence-corrected chi connectivity index (χ2v) is 13.5. The van der Waals surface area contributed by atoms with Gasteiger partial charge in [-0.2, -0.15) is 0 Å². The van der Waals surface area contributed by atoms with E-state index in [1.165, 1.54) is 42.4 Å². The SMILES string of the molecule is CC(O)(O)C(C)(O)O.CCCCCc1c(C(C)(C)C)cc(CN)cc1C(C)(C)C.O=P(O)(O)O.O=P(O)(O)O. The molecule has 0 spiro atoms. The molecule has 0 amide bonds. The molecular weight excluding hydrogens is 556 g/mol. The highest BCUT2D eigenvalue weighted by Crippen LogP contribution is 2.36. The third-order valence-electron chi connectivity index (χ3n) is 5.09. The first-order chi connectivity index (χ1) is 16.9. The predicted molar refractivity (Wildman–Crippen MR) is 149 cm³/mol. The fraction of sp³-hybridized carbons (Fsp3) is 0.750. The molecule has 0 fully saturated rings. The van der Waals surface area contributed by atoms with Crippen molar-refractivity contribution >= 4 is 15.6 Å². The molecule has 0 atom stereocenters. The summed E-state index contributed by atoms with van der Waals surface area (Å²) in [6, 6.07) is 4.69. The second kappa shape index (κ2) is 16.6. The van der Waals surface area contributed by atoms with E-state index in [1.54, 1.807) is 5.56 Å². The summed E-state index contributed by atoms with van der Waals surface area (Å²) in [5, 5.41) is 33.6. The molecule has 1 aromatic rings. The number of nitrogens with two attached hydrogens (primary N) is 1. The van der Waals surface area contributed by atoms with Gasteiger partial charge in [0.2, 0.25) is 11.6 Å². The molecule has 0 saturated heterocycles. The van der Waals surface area contributed by atoms with Crippen molar-refractivity contribution in [2.75, 3.05) is 0 Å². The van der Waals surface area contributed by atoms with Gasteiger partial charge in [0.1, 0.15) is 0 Å². The molecule has 234 valence electrons. The van der Waals surface area contributed by atoms with Crippen LogP contribution in [0.3, 0.4) is 0 Å². The molecule has 0 saturated carbocycles. The summed E-state index contributed by atoms with van der Waals surface area (Å²) in [4.78, 5) is 43.1. The molecule has 39 heavy (non-hydrogen) atoms. The molecule has 12 N–H and O–H groups in total. The largest absolute Gasteiger partial charge is 0.466 e. The van der Waals surface area contributed by atoms with Gasteiger partial charge in [-0.25, -0.2) is 9.13 Å². The van der Waals surface area contributed by atoms with Gasteiger partial charge in [0, 0.05) is 6.54 Å². The number of hydrogen-bond donors (Lipinski definition) is 11. The van der Waals surface area contributed by atoms with Crippen LogP contribution in [0, 0.1) is 0 Å². The van der Waals surface area contributed by atoms with Crippen LogP contribution in [0.4, 0.5) is 0 Å². The number of aliphatic hydroxyl groups is 4. The molecule has 15 heteroatoms. The first-order valence-corrected chi connectivity index (χ1v) is 15.3. The van der Waals surface area contributed by atoms with Crippen molar-refractivity contribution < 1.29 is 58.9 Å². The highest BCUT2D eigenvalue weighted by atomic mass is 31.2. The number of phosphoric acid groups is 2. The summed E-state index contributed by atoms with van der Waals surface area (Å²) < 4.78 is 17.8. The maximum absolute atomic E-state index is 8.88. The average Bonchev–Trinajstić information content (AvgIpc) is 2.62. The van der Waals surface area contributed by atoms with Crippen molar-refractivity contribution in [3.05, 3.63) is 34.4 Å². The van der Waals surface area contributed by atoms with E-state index in [1.807, 2.05) is 0 Å². The molecule has 0 unspecified atom stereocenters. The Balaban J connectivity index is -0.000000586. The summed E-state index contributed by atoms with van der Waals surface area (Å²) in [7, 11) is -9.28. The quantitative estimate of drug-likeness (QED) is 0.126. The Morgan fingerprint density at radius 1 is 0.667 bits per heavy atom. The topological polar surface area (TPSA) is 262 Å². The molecular formula is C24H51NO12P2. The predicted octanol–water partition coefficient (Wildman–Crippen LogP) is 2.00. The molecule has 0 heterocycles. The van der Waals surface area contributed by atoms with Crippen LogP contribution < -0.4 is 5.73 Å². The Bertz CT molecular complexity index is 847. The van der Waals surface area contributed by atoms with E-state index in [-0.39, 0.29) is 10.8 Å². The Labute approximate surface area is 231 Å².